The van der Waals surface area contributed by atoms with Gasteiger partial charge < -0.3 is 5.73 Å². The molecule has 1 saturated heterocycles. The fourth-order valence-corrected chi connectivity index (χ4v) is 2.52. The first-order valence-corrected chi connectivity index (χ1v) is 6.23. The van der Waals surface area contributed by atoms with Gasteiger partial charge in [-0.25, -0.2) is 0 Å². The summed E-state index contributed by atoms with van der Waals surface area (Å²) in [6, 6.07) is 7.16. The minimum Gasteiger partial charge on any atom is -0.329 e. The fourth-order valence-electron chi connectivity index (χ4n) is 2.52. The van der Waals surface area contributed by atoms with E-state index < -0.39 is 0 Å². The molecule has 0 saturated carbocycles. The van der Waals surface area contributed by atoms with E-state index in [4.69, 9.17) is 5.73 Å². The van der Waals surface area contributed by atoms with E-state index in [1.54, 1.807) is 0 Å². The highest BCUT2D eigenvalue weighted by Crippen LogP contribution is 2.25. The average Bonchev–Trinajstić information content (AvgIpc) is 2.78. The van der Waals surface area contributed by atoms with Gasteiger partial charge in [-0.3, -0.25) is 4.90 Å². The van der Waals surface area contributed by atoms with E-state index in [1.165, 1.54) is 42.6 Å². The number of hydrogen-bond donors (Lipinski definition) is 1. The van der Waals surface area contributed by atoms with Crippen LogP contribution in [0.25, 0.3) is 0 Å². The van der Waals surface area contributed by atoms with Gasteiger partial charge in [-0.2, -0.15) is 0 Å². The molecular formula is C14H22N2. The Hall–Kier alpha value is -0.860. The van der Waals surface area contributed by atoms with Crippen molar-refractivity contribution in [2.45, 2.75) is 32.7 Å². The third kappa shape index (κ3) is 2.28. The first-order valence-electron chi connectivity index (χ1n) is 6.23. The van der Waals surface area contributed by atoms with E-state index in [2.05, 4.69) is 36.9 Å². The molecule has 1 aromatic rings. The lowest BCUT2D eigenvalue weighted by molar-refractivity contribution is 0.251. The molecule has 2 nitrogen and oxygen atoms in total. The van der Waals surface area contributed by atoms with Gasteiger partial charge in [0, 0.05) is 12.6 Å². The highest BCUT2D eigenvalue weighted by Gasteiger charge is 2.22. The van der Waals surface area contributed by atoms with Gasteiger partial charge in [0.25, 0.3) is 0 Å². The van der Waals surface area contributed by atoms with Gasteiger partial charge >= 0.3 is 0 Å². The van der Waals surface area contributed by atoms with Gasteiger partial charge in [0.2, 0.25) is 0 Å². The molecule has 0 aromatic heterocycles. The minimum atomic E-state index is 0.418. The number of nitrogens with two attached hydrogens (primary N) is 1. The van der Waals surface area contributed by atoms with Crippen LogP contribution in [0, 0.1) is 13.8 Å². The molecule has 2 heteroatoms. The highest BCUT2D eigenvalue weighted by molar-refractivity contribution is 5.32. The molecule has 1 atom stereocenters. The monoisotopic (exact) mass is 218 g/mol. The molecule has 0 amide bonds. The van der Waals surface area contributed by atoms with Gasteiger partial charge in [-0.05, 0) is 56.5 Å². The zero-order valence-electron chi connectivity index (χ0n) is 10.4. The second-order valence-corrected chi connectivity index (χ2v) is 4.84. The Kier molecular flexibility index (Phi) is 3.62. The van der Waals surface area contributed by atoms with E-state index >= 15 is 0 Å². The van der Waals surface area contributed by atoms with Crippen molar-refractivity contribution in [2.24, 2.45) is 5.73 Å². The number of benzene rings is 1. The minimum absolute atomic E-state index is 0.418. The molecule has 1 aliphatic heterocycles. The topological polar surface area (TPSA) is 29.3 Å². The predicted octanol–water partition coefficient (Wildman–Crippen LogP) is 2.40. The number of likely N-dealkylation sites (tertiary alicyclic amines) is 1. The average molecular weight is 218 g/mol. The number of aryl methyl sites for hydroxylation is 2. The summed E-state index contributed by atoms with van der Waals surface area (Å²) in [5.41, 5.74) is 10.0. The van der Waals surface area contributed by atoms with Gasteiger partial charge in [-0.1, -0.05) is 18.2 Å². The second kappa shape index (κ2) is 4.98. The van der Waals surface area contributed by atoms with Gasteiger partial charge in [-0.15, -0.1) is 0 Å². The van der Waals surface area contributed by atoms with Crippen molar-refractivity contribution < 1.29 is 0 Å². The Labute approximate surface area is 98.4 Å². The summed E-state index contributed by atoms with van der Waals surface area (Å²) in [4.78, 5) is 2.52. The SMILES string of the molecule is Cc1ccc(C(CN)N2CCCC2)cc1C. The standard InChI is InChI=1S/C14H22N2/c1-11-5-6-13(9-12(11)2)14(10-15)16-7-3-4-8-16/h5-6,9,14H,3-4,7-8,10,15H2,1-2H3. The summed E-state index contributed by atoms with van der Waals surface area (Å²) in [6.45, 7) is 7.47. The molecule has 1 aliphatic rings. The van der Waals surface area contributed by atoms with Crippen molar-refractivity contribution in [2.75, 3.05) is 19.6 Å². The van der Waals surface area contributed by atoms with Crippen molar-refractivity contribution >= 4 is 0 Å². The lowest BCUT2D eigenvalue weighted by atomic mass is 10.0. The Morgan fingerprint density at radius 1 is 1.19 bits per heavy atom. The lowest BCUT2D eigenvalue weighted by Gasteiger charge is -2.27. The second-order valence-electron chi connectivity index (χ2n) is 4.84. The molecule has 0 radical (unpaired) electrons. The molecule has 1 unspecified atom stereocenters. The van der Waals surface area contributed by atoms with Crippen LogP contribution in [-0.2, 0) is 0 Å². The number of rotatable bonds is 3. The maximum Gasteiger partial charge on any atom is 0.0470 e. The van der Waals surface area contributed by atoms with Crippen LogP contribution in [0.5, 0.6) is 0 Å². The Balaban J connectivity index is 2.22. The highest BCUT2D eigenvalue weighted by atomic mass is 15.2. The Bertz CT molecular complexity index is 354. The third-order valence-electron chi connectivity index (χ3n) is 3.72. The molecule has 2 N–H and O–H groups in total. The van der Waals surface area contributed by atoms with Crippen LogP contribution < -0.4 is 5.73 Å². The van der Waals surface area contributed by atoms with E-state index in [-0.39, 0.29) is 0 Å². The molecule has 1 aromatic carbocycles. The predicted molar refractivity (Wildman–Crippen MR) is 68.5 cm³/mol. The van der Waals surface area contributed by atoms with Crippen molar-refractivity contribution in [3.8, 4) is 0 Å². The quantitative estimate of drug-likeness (QED) is 0.844. The van der Waals surface area contributed by atoms with Crippen LogP contribution in [-0.4, -0.2) is 24.5 Å². The normalized spacial score (nSPS) is 18.9. The smallest absolute Gasteiger partial charge is 0.0470 e. The van der Waals surface area contributed by atoms with E-state index in [1.807, 2.05) is 0 Å². The van der Waals surface area contributed by atoms with Gasteiger partial charge in [0.15, 0.2) is 0 Å². The van der Waals surface area contributed by atoms with E-state index in [0.717, 1.165) is 6.54 Å². The van der Waals surface area contributed by atoms with Crippen LogP contribution in [0.4, 0.5) is 0 Å². The van der Waals surface area contributed by atoms with Crippen LogP contribution in [0.3, 0.4) is 0 Å². The molecule has 0 bridgehead atoms. The lowest BCUT2D eigenvalue weighted by Crippen LogP contribution is -2.31. The van der Waals surface area contributed by atoms with Crippen LogP contribution in [0.1, 0.15) is 35.6 Å². The van der Waals surface area contributed by atoms with Crippen LogP contribution in [0.2, 0.25) is 0 Å². The fraction of sp³-hybridized carbons (Fsp3) is 0.571. The van der Waals surface area contributed by atoms with Crippen molar-refractivity contribution in [3.63, 3.8) is 0 Å². The van der Waals surface area contributed by atoms with Crippen molar-refractivity contribution in [1.29, 1.82) is 0 Å². The first kappa shape index (κ1) is 11.6. The molecule has 0 spiro atoms. The molecule has 16 heavy (non-hydrogen) atoms. The van der Waals surface area contributed by atoms with Crippen molar-refractivity contribution in [1.82, 2.24) is 4.90 Å². The molecular weight excluding hydrogens is 196 g/mol. The number of nitrogens with zero attached hydrogens (tertiary/aromatic N) is 1. The Morgan fingerprint density at radius 3 is 2.44 bits per heavy atom. The summed E-state index contributed by atoms with van der Waals surface area (Å²) in [5.74, 6) is 0. The molecule has 88 valence electrons. The van der Waals surface area contributed by atoms with Crippen LogP contribution in [0.15, 0.2) is 18.2 Å². The van der Waals surface area contributed by atoms with E-state index in [9.17, 15) is 0 Å². The Morgan fingerprint density at radius 2 is 1.88 bits per heavy atom. The largest absolute Gasteiger partial charge is 0.329 e. The first-order chi connectivity index (χ1) is 7.72. The van der Waals surface area contributed by atoms with E-state index in [0.29, 0.717) is 6.04 Å². The molecule has 0 aliphatic carbocycles. The third-order valence-corrected chi connectivity index (χ3v) is 3.72. The maximum absolute atomic E-state index is 5.93. The molecule has 2 rings (SSSR count). The zero-order chi connectivity index (χ0) is 11.5. The van der Waals surface area contributed by atoms with Crippen molar-refractivity contribution in [3.05, 3.63) is 34.9 Å². The summed E-state index contributed by atoms with van der Waals surface area (Å²) >= 11 is 0. The zero-order valence-corrected chi connectivity index (χ0v) is 10.4. The number of hydrogen-bond acceptors (Lipinski definition) is 2. The maximum atomic E-state index is 5.93. The molecule has 1 heterocycles. The van der Waals surface area contributed by atoms with Gasteiger partial charge in [0.1, 0.15) is 0 Å². The summed E-state index contributed by atoms with van der Waals surface area (Å²) < 4.78 is 0. The summed E-state index contributed by atoms with van der Waals surface area (Å²) in [5, 5.41) is 0. The summed E-state index contributed by atoms with van der Waals surface area (Å²) in [6.07, 6.45) is 2.64. The van der Waals surface area contributed by atoms with Gasteiger partial charge in [0.05, 0.1) is 0 Å². The van der Waals surface area contributed by atoms with Crippen LogP contribution >= 0.6 is 0 Å². The molecule has 1 fully saturated rings. The summed E-state index contributed by atoms with van der Waals surface area (Å²) in [7, 11) is 0.